The van der Waals surface area contributed by atoms with Crippen LogP contribution in [0.4, 0.5) is 0 Å². The van der Waals surface area contributed by atoms with E-state index in [4.69, 9.17) is 0 Å². The van der Waals surface area contributed by atoms with Crippen LogP contribution in [0.15, 0.2) is 0 Å². The molecule has 1 aliphatic heterocycles. The van der Waals surface area contributed by atoms with Gasteiger partial charge in [0.2, 0.25) is 0 Å². The van der Waals surface area contributed by atoms with Gasteiger partial charge in [-0.3, -0.25) is 0 Å². The summed E-state index contributed by atoms with van der Waals surface area (Å²) in [5, 5.41) is 3.25. The van der Waals surface area contributed by atoms with Crippen molar-refractivity contribution in [2.75, 3.05) is 13.1 Å². The standard InChI is InChI=1S/C6H13N.ClH/c1-3-6(2)4-7-5-6;/h7H,3-5H2,1-2H3;1H. The number of hydrogen-bond acceptors (Lipinski definition) is 1. The van der Waals surface area contributed by atoms with Crippen molar-refractivity contribution in [2.24, 2.45) is 5.41 Å². The molecule has 0 aromatic rings. The molecule has 0 bridgehead atoms. The second kappa shape index (κ2) is 2.70. The van der Waals surface area contributed by atoms with E-state index in [0.717, 1.165) is 0 Å². The first-order valence-corrected chi connectivity index (χ1v) is 2.97. The van der Waals surface area contributed by atoms with Crippen LogP contribution in [0.2, 0.25) is 0 Å². The lowest BCUT2D eigenvalue weighted by Gasteiger charge is -2.38. The van der Waals surface area contributed by atoms with Crippen LogP contribution >= 0.6 is 12.4 Å². The summed E-state index contributed by atoms with van der Waals surface area (Å²) in [6.45, 7) is 7.03. The fourth-order valence-corrected chi connectivity index (χ4v) is 0.802. The molecule has 0 atom stereocenters. The molecule has 1 N–H and O–H groups in total. The summed E-state index contributed by atoms with van der Waals surface area (Å²) in [6, 6.07) is 0. The molecule has 0 aliphatic carbocycles. The summed E-state index contributed by atoms with van der Waals surface area (Å²) in [4.78, 5) is 0. The van der Waals surface area contributed by atoms with Gasteiger partial charge in [0.15, 0.2) is 0 Å². The second-order valence-corrected chi connectivity index (χ2v) is 2.77. The zero-order valence-corrected chi connectivity index (χ0v) is 6.35. The number of halogens is 1. The summed E-state index contributed by atoms with van der Waals surface area (Å²) in [5.74, 6) is 0. The van der Waals surface area contributed by atoms with Crippen molar-refractivity contribution in [3.05, 3.63) is 0 Å². The fourth-order valence-electron chi connectivity index (χ4n) is 0.802. The lowest BCUT2D eigenvalue weighted by atomic mass is 9.82. The molecule has 0 radical (unpaired) electrons. The molecule has 1 rings (SSSR count). The molecule has 0 saturated carbocycles. The van der Waals surface area contributed by atoms with Gasteiger partial charge in [-0.1, -0.05) is 13.8 Å². The maximum absolute atomic E-state index is 3.25. The van der Waals surface area contributed by atoms with Gasteiger partial charge >= 0.3 is 0 Å². The van der Waals surface area contributed by atoms with Gasteiger partial charge in [0.25, 0.3) is 0 Å². The SMILES string of the molecule is CCC1(C)CNC1.Cl. The molecule has 0 aromatic carbocycles. The van der Waals surface area contributed by atoms with E-state index in [0.29, 0.717) is 5.41 Å². The Morgan fingerprint density at radius 3 is 2.00 bits per heavy atom. The largest absolute Gasteiger partial charge is 0.316 e. The average Bonchev–Trinajstić information content (AvgIpc) is 1.61. The Morgan fingerprint density at radius 1 is 1.50 bits per heavy atom. The molecular formula is C6H14ClN. The Balaban J connectivity index is 0.000000490. The van der Waals surface area contributed by atoms with E-state index in [2.05, 4.69) is 19.2 Å². The molecule has 1 fully saturated rings. The summed E-state index contributed by atoms with van der Waals surface area (Å²) in [6.07, 6.45) is 1.32. The summed E-state index contributed by atoms with van der Waals surface area (Å²) < 4.78 is 0. The molecule has 1 nitrogen and oxygen atoms in total. The lowest BCUT2D eigenvalue weighted by molar-refractivity contribution is 0.189. The van der Waals surface area contributed by atoms with Crippen LogP contribution in [0, 0.1) is 5.41 Å². The molecule has 0 unspecified atom stereocenters. The van der Waals surface area contributed by atoms with E-state index in [1.165, 1.54) is 19.5 Å². The third kappa shape index (κ3) is 1.36. The van der Waals surface area contributed by atoms with Gasteiger partial charge < -0.3 is 5.32 Å². The van der Waals surface area contributed by atoms with Crippen molar-refractivity contribution in [2.45, 2.75) is 20.3 Å². The average molecular weight is 136 g/mol. The zero-order valence-electron chi connectivity index (χ0n) is 5.53. The maximum Gasteiger partial charge on any atom is 0.00175 e. The van der Waals surface area contributed by atoms with Crippen molar-refractivity contribution in [1.29, 1.82) is 0 Å². The van der Waals surface area contributed by atoms with E-state index >= 15 is 0 Å². The molecule has 0 spiro atoms. The number of rotatable bonds is 1. The summed E-state index contributed by atoms with van der Waals surface area (Å²) in [5.41, 5.74) is 0.653. The van der Waals surface area contributed by atoms with E-state index in [9.17, 15) is 0 Å². The summed E-state index contributed by atoms with van der Waals surface area (Å²) in [7, 11) is 0. The van der Waals surface area contributed by atoms with Crippen molar-refractivity contribution in [3.8, 4) is 0 Å². The molecular weight excluding hydrogens is 122 g/mol. The topological polar surface area (TPSA) is 12.0 Å². The Kier molecular flexibility index (Phi) is 2.78. The third-order valence-electron chi connectivity index (χ3n) is 1.96. The van der Waals surface area contributed by atoms with E-state index in [1.807, 2.05) is 0 Å². The first kappa shape index (κ1) is 8.25. The smallest absolute Gasteiger partial charge is 0.00175 e. The molecule has 50 valence electrons. The van der Waals surface area contributed by atoms with Gasteiger partial charge in [-0.2, -0.15) is 0 Å². The Bertz CT molecular complexity index is 63.4. The van der Waals surface area contributed by atoms with Crippen LogP contribution in [0.25, 0.3) is 0 Å². The van der Waals surface area contributed by atoms with Crippen LogP contribution in [0.1, 0.15) is 20.3 Å². The van der Waals surface area contributed by atoms with Crippen molar-refractivity contribution in [1.82, 2.24) is 5.32 Å². The number of hydrogen-bond donors (Lipinski definition) is 1. The highest BCUT2D eigenvalue weighted by atomic mass is 35.5. The second-order valence-electron chi connectivity index (χ2n) is 2.77. The molecule has 2 heteroatoms. The highest BCUT2D eigenvalue weighted by molar-refractivity contribution is 5.85. The predicted molar refractivity (Wildman–Crippen MR) is 38.5 cm³/mol. The van der Waals surface area contributed by atoms with Crippen LogP contribution < -0.4 is 5.32 Å². The van der Waals surface area contributed by atoms with Crippen molar-refractivity contribution < 1.29 is 0 Å². The highest BCUT2D eigenvalue weighted by Gasteiger charge is 2.28. The van der Waals surface area contributed by atoms with Crippen LogP contribution in [-0.4, -0.2) is 13.1 Å². The van der Waals surface area contributed by atoms with Crippen LogP contribution in [-0.2, 0) is 0 Å². The Morgan fingerprint density at radius 2 is 2.00 bits per heavy atom. The minimum atomic E-state index is 0. The molecule has 1 aliphatic rings. The molecule has 1 heterocycles. The summed E-state index contributed by atoms with van der Waals surface area (Å²) >= 11 is 0. The third-order valence-corrected chi connectivity index (χ3v) is 1.96. The minimum absolute atomic E-state index is 0. The van der Waals surface area contributed by atoms with Crippen LogP contribution in [0.5, 0.6) is 0 Å². The molecule has 8 heavy (non-hydrogen) atoms. The first-order valence-electron chi connectivity index (χ1n) is 2.97. The van der Waals surface area contributed by atoms with E-state index in [1.54, 1.807) is 0 Å². The zero-order chi connectivity index (χ0) is 5.33. The van der Waals surface area contributed by atoms with Crippen molar-refractivity contribution >= 4 is 12.4 Å². The fraction of sp³-hybridized carbons (Fsp3) is 1.00. The minimum Gasteiger partial charge on any atom is -0.316 e. The van der Waals surface area contributed by atoms with Gasteiger partial charge in [-0.05, 0) is 11.8 Å². The van der Waals surface area contributed by atoms with E-state index in [-0.39, 0.29) is 12.4 Å². The Hall–Kier alpha value is 0.250. The molecule has 0 amide bonds. The quantitative estimate of drug-likeness (QED) is 0.574. The van der Waals surface area contributed by atoms with Gasteiger partial charge in [0.1, 0.15) is 0 Å². The maximum atomic E-state index is 3.25. The number of nitrogens with one attached hydrogen (secondary N) is 1. The highest BCUT2D eigenvalue weighted by Crippen LogP contribution is 2.24. The predicted octanol–water partition coefficient (Wildman–Crippen LogP) is 1.43. The normalized spacial score (nSPS) is 23.2. The van der Waals surface area contributed by atoms with Gasteiger partial charge in [-0.25, -0.2) is 0 Å². The van der Waals surface area contributed by atoms with Gasteiger partial charge in [-0.15, -0.1) is 12.4 Å². The Labute approximate surface area is 57.3 Å². The van der Waals surface area contributed by atoms with Crippen LogP contribution in [0.3, 0.4) is 0 Å². The van der Waals surface area contributed by atoms with Crippen molar-refractivity contribution in [3.63, 3.8) is 0 Å². The van der Waals surface area contributed by atoms with E-state index < -0.39 is 0 Å². The van der Waals surface area contributed by atoms with Gasteiger partial charge in [0, 0.05) is 13.1 Å². The van der Waals surface area contributed by atoms with Gasteiger partial charge in [0.05, 0.1) is 0 Å². The lowest BCUT2D eigenvalue weighted by Crippen LogP contribution is -2.50. The molecule has 0 aromatic heterocycles. The molecule has 1 saturated heterocycles. The first-order chi connectivity index (χ1) is 3.27. The monoisotopic (exact) mass is 135 g/mol.